The maximum absolute atomic E-state index is 13.2. The summed E-state index contributed by atoms with van der Waals surface area (Å²) < 4.78 is 80.9. The molecule has 6 nitrogen and oxygen atoms in total. The van der Waals surface area contributed by atoms with Gasteiger partial charge in [-0.15, -0.1) is 11.3 Å². The number of ether oxygens (including phenoxy) is 1. The van der Waals surface area contributed by atoms with Crippen LogP contribution in [0.2, 0.25) is 0 Å². The van der Waals surface area contributed by atoms with Crippen molar-refractivity contribution < 1.29 is 40.7 Å². The first-order valence-corrected chi connectivity index (χ1v) is 11.0. The summed E-state index contributed by atoms with van der Waals surface area (Å²) in [7, 11) is 0. The summed E-state index contributed by atoms with van der Waals surface area (Å²) in [4.78, 5) is 32.0. The zero-order chi connectivity index (χ0) is 24.0. The molecule has 3 heterocycles. The average molecular weight is 495 g/mol. The fraction of sp³-hybridized carbons (Fsp3) is 0.550. The van der Waals surface area contributed by atoms with Crippen LogP contribution in [0.25, 0.3) is 10.2 Å². The number of alkyl halides is 6. The molecule has 2 amide bonds. The Bertz CT molecular complexity index is 1030. The van der Waals surface area contributed by atoms with Gasteiger partial charge in [-0.25, -0.2) is 9.78 Å². The second kappa shape index (κ2) is 8.33. The van der Waals surface area contributed by atoms with E-state index >= 15 is 0 Å². The predicted octanol–water partition coefficient (Wildman–Crippen LogP) is 5.00. The normalized spacial score (nSPS) is 19.0. The van der Waals surface area contributed by atoms with Crippen LogP contribution in [-0.4, -0.2) is 70.4 Å². The predicted molar refractivity (Wildman–Crippen MR) is 106 cm³/mol. The van der Waals surface area contributed by atoms with Gasteiger partial charge in [-0.1, -0.05) is 0 Å². The second-order valence-corrected chi connectivity index (χ2v) is 9.04. The highest BCUT2D eigenvalue weighted by Gasteiger charge is 2.60. The fourth-order valence-electron chi connectivity index (χ4n) is 4.52. The molecule has 0 unspecified atom stereocenters. The van der Waals surface area contributed by atoms with Crippen molar-refractivity contribution in [1.82, 2.24) is 14.8 Å². The lowest BCUT2D eigenvalue weighted by Gasteiger charge is -2.44. The van der Waals surface area contributed by atoms with Gasteiger partial charge in [0.2, 0.25) is 0 Å². The first-order valence-electron chi connectivity index (χ1n) is 10.1. The van der Waals surface area contributed by atoms with Gasteiger partial charge < -0.3 is 14.5 Å². The Morgan fingerprint density at radius 2 is 1.70 bits per heavy atom. The Balaban J connectivity index is 1.44. The lowest BCUT2D eigenvalue weighted by Crippen LogP contribution is -2.56. The molecule has 33 heavy (non-hydrogen) atoms. The lowest BCUT2D eigenvalue weighted by atomic mass is 9.84. The number of halogens is 6. The molecule has 0 aliphatic carbocycles. The van der Waals surface area contributed by atoms with Crippen molar-refractivity contribution in [2.75, 3.05) is 19.6 Å². The van der Waals surface area contributed by atoms with Crippen LogP contribution in [-0.2, 0) is 4.74 Å². The monoisotopic (exact) mass is 495 g/mol. The SMILES string of the molecule is O=C(OC(C(F)(F)F)C(F)(F)F)N1CCC2(CCCN2C(=O)c2ccc3scnc3c2)CC1. The molecule has 0 atom stereocenters. The van der Waals surface area contributed by atoms with Crippen molar-refractivity contribution in [3.8, 4) is 0 Å². The molecule has 1 spiro atoms. The fourth-order valence-corrected chi connectivity index (χ4v) is 5.18. The van der Waals surface area contributed by atoms with Gasteiger partial charge in [0.15, 0.2) is 0 Å². The third-order valence-corrected chi connectivity index (χ3v) is 6.99. The molecular weight excluding hydrogens is 476 g/mol. The first-order chi connectivity index (χ1) is 15.4. The van der Waals surface area contributed by atoms with Gasteiger partial charge >= 0.3 is 18.4 Å². The van der Waals surface area contributed by atoms with E-state index in [0.717, 1.165) is 9.60 Å². The highest BCUT2D eigenvalue weighted by molar-refractivity contribution is 7.16. The highest BCUT2D eigenvalue weighted by Crippen LogP contribution is 2.41. The summed E-state index contributed by atoms with van der Waals surface area (Å²) in [6, 6.07) is 5.20. The molecule has 2 fully saturated rings. The molecule has 1 aromatic carbocycles. The van der Waals surface area contributed by atoms with Crippen LogP contribution in [0.5, 0.6) is 0 Å². The Hall–Kier alpha value is -2.57. The van der Waals surface area contributed by atoms with Gasteiger partial charge in [-0.05, 0) is 43.9 Å². The number of nitrogens with zero attached hydrogens (tertiary/aromatic N) is 3. The molecule has 0 bridgehead atoms. The van der Waals surface area contributed by atoms with Crippen LogP contribution in [0.15, 0.2) is 23.7 Å². The van der Waals surface area contributed by atoms with E-state index in [1.165, 1.54) is 11.3 Å². The van der Waals surface area contributed by atoms with Crippen molar-refractivity contribution in [2.24, 2.45) is 0 Å². The molecule has 0 radical (unpaired) electrons. The average Bonchev–Trinajstić information content (AvgIpc) is 3.36. The van der Waals surface area contributed by atoms with Gasteiger partial charge in [0.25, 0.3) is 12.0 Å². The first kappa shape index (κ1) is 23.6. The number of carbonyl (C=O) groups is 2. The summed E-state index contributed by atoms with van der Waals surface area (Å²) in [5, 5.41) is 0. The standard InChI is InChI=1S/C20H19F6N3O3S/c21-19(22,23)16(20(24,25)26)32-17(31)28-8-5-18(6-9-28)4-1-7-29(18)15(30)12-2-3-14-13(10-12)27-11-33-14/h2-3,10-11,16H,1,4-9H2. The number of likely N-dealkylation sites (tertiary alicyclic amines) is 2. The molecule has 2 saturated heterocycles. The van der Waals surface area contributed by atoms with Crippen molar-refractivity contribution in [3.63, 3.8) is 0 Å². The number of benzene rings is 1. The topological polar surface area (TPSA) is 62.7 Å². The summed E-state index contributed by atoms with van der Waals surface area (Å²) >= 11 is 1.45. The molecule has 2 aromatic rings. The Morgan fingerprint density at radius 1 is 1.03 bits per heavy atom. The minimum atomic E-state index is -5.77. The zero-order valence-corrected chi connectivity index (χ0v) is 17.9. The maximum atomic E-state index is 13.2. The van der Waals surface area contributed by atoms with Gasteiger partial charge in [0, 0.05) is 30.7 Å². The zero-order valence-electron chi connectivity index (χ0n) is 17.1. The number of rotatable bonds is 2. The highest BCUT2D eigenvalue weighted by atomic mass is 32.1. The van der Waals surface area contributed by atoms with Gasteiger partial charge in [0.1, 0.15) is 0 Å². The molecular formula is C20H19F6N3O3S. The second-order valence-electron chi connectivity index (χ2n) is 8.15. The van der Waals surface area contributed by atoms with Crippen molar-refractivity contribution >= 4 is 33.6 Å². The minimum Gasteiger partial charge on any atom is -0.426 e. The summed E-state index contributed by atoms with van der Waals surface area (Å²) in [5.41, 5.74) is 2.21. The molecule has 0 N–H and O–H groups in total. The van der Waals surface area contributed by atoms with E-state index in [1.807, 2.05) is 0 Å². The van der Waals surface area contributed by atoms with Crippen molar-refractivity contribution in [1.29, 1.82) is 0 Å². The van der Waals surface area contributed by atoms with E-state index in [-0.39, 0.29) is 31.8 Å². The van der Waals surface area contributed by atoms with Crippen LogP contribution < -0.4 is 0 Å². The molecule has 180 valence electrons. The van der Waals surface area contributed by atoms with Gasteiger partial charge in [0.05, 0.1) is 15.7 Å². The van der Waals surface area contributed by atoms with Crippen LogP contribution in [0, 0.1) is 0 Å². The number of thiazole rings is 1. The minimum absolute atomic E-state index is 0.115. The quantitative estimate of drug-likeness (QED) is 0.551. The number of amides is 2. The Morgan fingerprint density at radius 3 is 2.33 bits per heavy atom. The Labute approximate surface area is 188 Å². The van der Waals surface area contributed by atoms with Crippen molar-refractivity contribution in [3.05, 3.63) is 29.3 Å². The molecule has 2 aliphatic rings. The number of hydrogen-bond donors (Lipinski definition) is 0. The third-order valence-electron chi connectivity index (χ3n) is 6.18. The number of carbonyl (C=O) groups excluding carboxylic acids is 2. The van der Waals surface area contributed by atoms with Crippen LogP contribution in [0.4, 0.5) is 31.1 Å². The molecule has 2 aliphatic heterocycles. The number of hydrogen-bond acceptors (Lipinski definition) is 5. The van der Waals surface area contributed by atoms with E-state index in [1.54, 1.807) is 28.6 Å². The maximum Gasteiger partial charge on any atom is 0.434 e. The summed E-state index contributed by atoms with van der Waals surface area (Å²) in [5.74, 6) is -0.215. The van der Waals surface area contributed by atoms with E-state index in [2.05, 4.69) is 9.72 Å². The molecule has 0 saturated carbocycles. The van der Waals surface area contributed by atoms with E-state index in [4.69, 9.17) is 0 Å². The van der Waals surface area contributed by atoms with Crippen LogP contribution in [0.3, 0.4) is 0 Å². The van der Waals surface area contributed by atoms with Crippen LogP contribution >= 0.6 is 11.3 Å². The molecule has 1 aromatic heterocycles. The summed E-state index contributed by atoms with van der Waals surface area (Å²) in [6.45, 7) is 0.245. The summed E-state index contributed by atoms with van der Waals surface area (Å²) in [6.07, 6.45) is -15.6. The van der Waals surface area contributed by atoms with E-state index in [0.29, 0.717) is 30.5 Å². The largest absolute Gasteiger partial charge is 0.434 e. The van der Waals surface area contributed by atoms with Crippen molar-refractivity contribution in [2.45, 2.75) is 49.7 Å². The van der Waals surface area contributed by atoms with Crippen LogP contribution in [0.1, 0.15) is 36.0 Å². The number of piperidine rings is 1. The number of aromatic nitrogens is 1. The number of fused-ring (bicyclic) bond motifs is 1. The van der Waals surface area contributed by atoms with E-state index in [9.17, 15) is 35.9 Å². The lowest BCUT2D eigenvalue weighted by molar-refractivity contribution is -0.308. The Kier molecular flexibility index (Phi) is 5.95. The third kappa shape index (κ3) is 4.59. The van der Waals surface area contributed by atoms with Gasteiger partial charge in [-0.3, -0.25) is 4.79 Å². The van der Waals surface area contributed by atoms with Gasteiger partial charge in [-0.2, -0.15) is 26.3 Å². The smallest absolute Gasteiger partial charge is 0.426 e. The molecule has 4 rings (SSSR count). The van der Waals surface area contributed by atoms with E-state index < -0.39 is 30.1 Å². The molecule has 13 heteroatoms.